The lowest BCUT2D eigenvalue weighted by atomic mass is 10.0. The number of hydrogen-bond acceptors (Lipinski definition) is 5. The van der Waals surface area contributed by atoms with Crippen LogP contribution in [0.3, 0.4) is 0 Å². The third-order valence-electron chi connectivity index (χ3n) is 4.77. The zero-order valence-corrected chi connectivity index (χ0v) is 15.4. The average Bonchev–Trinajstić information content (AvgIpc) is 3.28. The number of ether oxygens (including phenoxy) is 1. The molecule has 4 rings (SSSR count). The second kappa shape index (κ2) is 6.83. The number of fused-ring (bicyclic) bond motifs is 1. The number of rotatable bonds is 5. The van der Waals surface area contributed by atoms with Gasteiger partial charge in [-0.3, -0.25) is 4.40 Å². The van der Waals surface area contributed by atoms with E-state index in [4.69, 9.17) is 9.26 Å². The summed E-state index contributed by atoms with van der Waals surface area (Å²) in [5.74, 6) is 1.03. The summed E-state index contributed by atoms with van der Waals surface area (Å²) in [5.41, 5.74) is 4.92. The van der Waals surface area contributed by atoms with Gasteiger partial charge in [0.2, 0.25) is 0 Å². The van der Waals surface area contributed by atoms with Crippen molar-refractivity contribution >= 4 is 5.65 Å². The Morgan fingerprint density at radius 2 is 2.00 bits per heavy atom. The molecular formula is C20H19FN4O2. The third kappa shape index (κ3) is 2.95. The maximum absolute atomic E-state index is 14.2. The number of pyridine rings is 1. The van der Waals surface area contributed by atoms with E-state index in [-0.39, 0.29) is 5.82 Å². The number of nitrogens with zero attached hydrogens (tertiary/aromatic N) is 4. The number of methoxy groups -OCH3 is 1. The van der Waals surface area contributed by atoms with Gasteiger partial charge < -0.3 is 9.26 Å². The molecule has 0 bridgehead atoms. The minimum Gasteiger partial charge on any atom is -0.496 e. The Morgan fingerprint density at radius 1 is 1.15 bits per heavy atom. The minimum absolute atomic E-state index is 0.262. The van der Waals surface area contributed by atoms with Crippen molar-refractivity contribution < 1.29 is 13.7 Å². The molecule has 0 amide bonds. The molecule has 0 radical (unpaired) electrons. The molecule has 0 fully saturated rings. The van der Waals surface area contributed by atoms with Crippen molar-refractivity contribution in [3.05, 3.63) is 65.2 Å². The van der Waals surface area contributed by atoms with Gasteiger partial charge in [0.1, 0.15) is 23.7 Å². The van der Waals surface area contributed by atoms with Gasteiger partial charge >= 0.3 is 0 Å². The van der Waals surface area contributed by atoms with Crippen molar-refractivity contribution in [3.63, 3.8) is 0 Å². The van der Waals surface area contributed by atoms with Crippen LogP contribution in [0.4, 0.5) is 4.39 Å². The highest BCUT2D eigenvalue weighted by molar-refractivity contribution is 5.80. The lowest BCUT2D eigenvalue weighted by molar-refractivity contribution is 0.393. The molecule has 1 aromatic carbocycles. The van der Waals surface area contributed by atoms with Crippen molar-refractivity contribution in [1.82, 2.24) is 19.8 Å². The Hall–Kier alpha value is -3.22. The number of benzene rings is 1. The highest BCUT2D eigenvalue weighted by Crippen LogP contribution is 2.31. The van der Waals surface area contributed by atoms with E-state index in [1.807, 2.05) is 30.4 Å². The summed E-state index contributed by atoms with van der Waals surface area (Å²) >= 11 is 0. The first-order chi connectivity index (χ1) is 13.1. The topological polar surface area (TPSA) is 65.5 Å². The lowest BCUT2D eigenvalue weighted by Crippen LogP contribution is -2.03. The van der Waals surface area contributed by atoms with Crippen LogP contribution < -0.4 is 4.74 Å². The zero-order valence-electron chi connectivity index (χ0n) is 15.4. The maximum atomic E-state index is 14.2. The molecule has 0 atom stereocenters. The summed E-state index contributed by atoms with van der Waals surface area (Å²) in [6, 6.07) is 8.86. The second-order valence-corrected chi connectivity index (χ2v) is 6.38. The first-order valence-electron chi connectivity index (χ1n) is 8.66. The number of halogens is 1. The number of aromatic nitrogens is 4. The van der Waals surface area contributed by atoms with Gasteiger partial charge in [0.15, 0.2) is 5.65 Å². The number of hydrogen-bond donors (Lipinski definition) is 0. The molecule has 6 nitrogen and oxygen atoms in total. The van der Waals surface area contributed by atoms with Crippen molar-refractivity contribution in [2.45, 2.75) is 26.7 Å². The Morgan fingerprint density at radius 3 is 2.74 bits per heavy atom. The van der Waals surface area contributed by atoms with Gasteiger partial charge in [-0.2, -0.15) is 0 Å². The molecule has 0 unspecified atom stereocenters. The SMILES string of the molecule is COc1cccc(F)c1CCc1ccc(-c2c(C)noc2C)c2nncn12. The van der Waals surface area contributed by atoms with Crippen LogP contribution in [0.2, 0.25) is 0 Å². The number of aryl methyl sites for hydroxylation is 3. The zero-order chi connectivity index (χ0) is 19.0. The van der Waals surface area contributed by atoms with Crippen LogP contribution in [-0.4, -0.2) is 26.9 Å². The van der Waals surface area contributed by atoms with Crippen LogP contribution in [0.5, 0.6) is 5.75 Å². The molecule has 0 spiro atoms. The molecule has 0 N–H and O–H groups in total. The van der Waals surface area contributed by atoms with E-state index in [0.29, 0.717) is 24.2 Å². The van der Waals surface area contributed by atoms with E-state index in [9.17, 15) is 4.39 Å². The van der Waals surface area contributed by atoms with Crippen LogP contribution in [0.1, 0.15) is 22.7 Å². The monoisotopic (exact) mass is 366 g/mol. The van der Waals surface area contributed by atoms with E-state index < -0.39 is 0 Å². The Labute approximate surface area is 155 Å². The first kappa shape index (κ1) is 17.2. The summed E-state index contributed by atoms with van der Waals surface area (Å²) in [5, 5.41) is 12.4. The molecule has 0 aliphatic rings. The van der Waals surface area contributed by atoms with Crippen molar-refractivity contribution in [2.75, 3.05) is 7.11 Å². The molecule has 0 saturated carbocycles. The molecule has 3 heterocycles. The van der Waals surface area contributed by atoms with Crippen LogP contribution in [0.25, 0.3) is 16.8 Å². The third-order valence-corrected chi connectivity index (χ3v) is 4.77. The van der Waals surface area contributed by atoms with E-state index in [1.54, 1.807) is 25.6 Å². The molecule has 0 aliphatic heterocycles. The normalized spacial score (nSPS) is 11.3. The van der Waals surface area contributed by atoms with Crippen LogP contribution >= 0.6 is 0 Å². The quantitative estimate of drug-likeness (QED) is 0.535. The predicted octanol–water partition coefficient (Wildman–Crippen LogP) is 3.93. The van der Waals surface area contributed by atoms with Crippen LogP contribution in [-0.2, 0) is 12.8 Å². The van der Waals surface area contributed by atoms with Crippen LogP contribution in [0.15, 0.2) is 41.2 Å². The molecular weight excluding hydrogens is 347 g/mol. The highest BCUT2D eigenvalue weighted by Gasteiger charge is 2.18. The maximum Gasteiger partial charge on any atom is 0.168 e. The van der Waals surface area contributed by atoms with E-state index in [2.05, 4.69) is 15.4 Å². The second-order valence-electron chi connectivity index (χ2n) is 6.38. The fraction of sp³-hybridized carbons (Fsp3) is 0.250. The van der Waals surface area contributed by atoms with Gasteiger partial charge in [-0.05, 0) is 51.0 Å². The van der Waals surface area contributed by atoms with E-state index in [1.165, 1.54) is 6.07 Å². The van der Waals surface area contributed by atoms with E-state index in [0.717, 1.165) is 33.9 Å². The van der Waals surface area contributed by atoms with E-state index >= 15 is 0 Å². The largest absolute Gasteiger partial charge is 0.496 e. The van der Waals surface area contributed by atoms with Gasteiger partial charge in [0.25, 0.3) is 0 Å². The smallest absolute Gasteiger partial charge is 0.168 e. The van der Waals surface area contributed by atoms with Crippen LogP contribution in [0, 0.1) is 19.7 Å². The fourth-order valence-electron chi connectivity index (χ4n) is 3.46. The summed E-state index contributed by atoms with van der Waals surface area (Å²) in [6.45, 7) is 3.78. The molecule has 3 aromatic heterocycles. The highest BCUT2D eigenvalue weighted by atomic mass is 19.1. The summed E-state index contributed by atoms with van der Waals surface area (Å²) < 4.78 is 26.7. The van der Waals surface area contributed by atoms with Gasteiger partial charge in [0, 0.05) is 16.8 Å². The van der Waals surface area contributed by atoms with Gasteiger partial charge in [-0.15, -0.1) is 10.2 Å². The molecule has 7 heteroatoms. The van der Waals surface area contributed by atoms with Gasteiger partial charge in [0.05, 0.1) is 18.4 Å². The molecule has 138 valence electrons. The molecule has 4 aromatic rings. The fourth-order valence-corrected chi connectivity index (χ4v) is 3.46. The average molecular weight is 366 g/mol. The van der Waals surface area contributed by atoms with Crippen molar-refractivity contribution in [3.8, 4) is 16.9 Å². The Bertz CT molecular complexity index is 1100. The summed E-state index contributed by atoms with van der Waals surface area (Å²) in [4.78, 5) is 0. The summed E-state index contributed by atoms with van der Waals surface area (Å²) in [6.07, 6.45) is 2.80. The van der Waals surface area contributed by atoms with Crippen molar-refractivity contribution in [1.29, 1.82) is 0 Å². The molecule has 0 aliphatic carbocycles. The predicted molar refractivity (Wildman–Crippen MR) is 98.3 cm³/mol. The van der Waals surface area contributed by atoms with Gasteiger partial charge in [-0.25, -0.2) is 4.39 Å². The summed E-state index contributed by atoms with van der Waals surface area (Å²) in [7, 11) is 1.55. The minimum atomic E-state index is -0.262. The van der Waals surface area contributed by atoms with Gasteiger partial charge in [-0.1, -0.05) is 11.2 Å². The Balaban J connectivity index is 1.71. The van der Waals surface area contributed by atoms with Crippen molar-refractivity contribution in [2.24, 2.45) is 0 Å². The standard InChI is InChI=1S/C20H19FN4O2/c1-12-19(13(2)27-24-12)16-10-8-14(25-11-22-23-20(16)25)7-9-15-17(21)5-4-6-18(15)26-3/h4-6,8,10-11H,7,9H2,1-3H3. The Kier molecular flexibility index (Phi) is 4.35. The first-order valence-corrected chi connectivity index (χ1v) is 8.66. The lowest BCUT2D eigenvalue weighted by Gasteiger charge is -2.11. The molecule has 0 saturated heterocycles. The molecule has 27 heavy (non-hydrogen) atoms.